The molecular weight excluding hydrogens is 258 g/mol. The number of rotatable bonds is 5. The summed E-state index contributed by atoms with van der Waals surface area (Å²) in [6.45, 7) is 11.3. The van der Waals surface area contributed by atoms with Crippen LogP contribution in [0.4, 0.5) is 0 Å². The molecule has 0 bridgehead atoms. The van der Waals surface area contributed by atoms with E-state index in [1.807, 2.05) is 6.20 Å². The maximum atomic E-state index is 4.22. The van der Waals surface area contributed by atoms with Crippen molar-refractivity contribution in [2.24, 2.45) is 0 Å². The maximum Gasteiger partial charge on any atom is 0.0830 e. The average molecular weight is 285 g/mol. The van der Waals surface area contributed by atoms with E-state index in [-0.39, 0.29) is 5.41 Å². The van der Waals surface area contributed by atoms with Crippen molar-refractivity contribution in [2.75, 3.05) is 0 Å². The molecule has 0 aliphatic heterocycles. The lowest BCUT2D eigenvalue weighted by molar-refractivity contribution is 0.583. The lowest BCUT2D eigenvalue weighted by Gasteiger charge is -2.24. The summed E-state index contributed by atoms with van der Waals surface area (Å²) in [4.78, 5) is 0. The quantitative estimate of drug-likeness (QED) is 0.884. The number of hydrogen-bond acceptors (Lipinski definition) is 2. The summed E-state index contributed by atoms with van der Waals surface area (Å²) in [5.74, 6) is 0.507. The molecule has 1 atom stereocenters. The fourth-order valence-electron chi connectivity index (χ4n) is 2.81. The SMILES string of the molecule is CCc1ccc(C(C)(C)C)cc1C(CC)Cc1cn[nH]n1. The van der Waals surface area contributed by atoms with Crippen molar-refractivity contribution < 1.29 is 0 Å². The highest BCUT2D eigenvalue weighted by Gasteiger charge is 2.19. The van der Waals surface area contributed by atoms with Crippen LogP contribution in [0.25, 0.3) is 0 Å². The van der Waals surface area contributed by atoms with Crippen molar-refractivity contribution in [1.29, 1.82) is 0 Å². The van der Waals surface area contributed by atoms with E-state index in [1.165, 1.54) is 16.7 Å². The van der Waals surface area contributed by atoms with Gasteiger partial charge in [-0.1, -0.05) is 52.8 Å². The van der Waals surface area contributed by atoms with Gasteiger partial charge in [0.15, 0.2) is 0 Å². The minimum atomic E-state index is 0.188. The highest BCUT2D eigenvalue weighted by atomic mass is 15.3. The Morgan fingerprint density at radius 1 is 1.19 bits per heavy atom. The summed E-state index contributed by atoms with van der Waals surface area (Å²) >= 11 is 0. The summed E-state index contributed by atoms with van der Waals surface area (Å²) in [6.07, 6.45) is 4.98. The zero-order valence-electron chi connectivity index (χ0n) is 13.9. The van der Waals surface area contributed by atoms with Crippen molar-refractivity contribution in [3.05, 3.63) is 46.8 Å². The van der Waals surface area contributed by atoms with Crippen molar-refractivity contribution >= 4 is 0 Å². The number of H-pyrrole nitrogens is 1. The van der Waals surface area contributed by atoms with Crippen LogP contribution in [0.3, 0.4) is 0 Å². The van der Waals surface area contributed by atoms with Crippen LogP contribution >= 0.6 is 0 Å². The van der Waals surface area contributed by atoms with Crippen molar-refractivity contribution in [1.82, 2.24) is 15.4 Å². The summed E-state index contributed by atoms with van der Waals surface area (Å²) in [5.41, 5.74) is 5.58. The molecule has 1 aromatic carbocycles. The van der Waals surface area contributed by atoms with E-state index in [9.17, 15) is 0 Å². The maximum absolute atomic E-state index is 4.22. The van der Waals surface area contributed by atoms with Gasteiger partial charge < -0.3 is 0 Å². The van der Waals surface area contributed by atoms with Gasteiger partial charge in [0.25, 0.3) is 0 Å². The minimum absolute atomic E-state index is 0.188. The molecule has 1 N–H and O–H groups in total. The van der Waals surface area contributed by atoms with Gasteiger partial charge in [-0.05, 0) is 47.3 Å². The third-order valence-corrected chi connectivity index (χ3v) is 4.25. The average Bonchev–Trinajstić information content (AvgIpc) is 2.96. The van der Waals surface area contributed by atoms with Gasteiger partial charge in [0.2, 0.25) is 0 Å². The van der Waals surface area contributed by atoms with Crippen LogP contribution in [0, 0.1) is 0 Å². The van der Waals surface area contributed by atoms with Gasteiger partial charge >= 0.3 is 0 Å². The molecule has 114 valence electrons. The van der Waals surface area contributed by atoms with E-state index >= 15 is 0 Å². The van der Waals surface area contributed by atoms with Gasteiger partial charge in [-0.15, -0.1) is 0 Å². The molecule has 0 spiro atoms. The molecule has 0 aliphatic rings. The smallest absolute Gasteiger partial charge is 0.0830 e. The predicted octanol–water partition coefficient (Wildman–Crippen LogP) is 4.40. The molecule has 3 heteroatoms. The Labute approximate surface area is 128 Å². The van der Waals surface area contributed by atoms with Crippen LogP contribution in [-0.4, -0.2) is 15.4 Å². The number of benzene rings is 1. The largest absolute Gasteiger partial charge is 0.198 e. The number of hydrogen-bond donors (Lipinski definition) is 1. The number of aryl methyl sites for hydroxylation is 1. The standard InChI is InChI=1S/C18H27N3/c1-6-13-8-9-15(18(3,4)5)11-17(13)14(7-2)10-16-12-19-21-20-16/h8-9,11-12,14H,6-7,10H2,1-5H3,(H,19,20,21). The molecule has 1 aromatic heterocycles. The number of nitrogens with one attached hydrogen (secondary N) is 1. The third-order valence-electron chi connectivity index (χ3n) is 4.25. The monoisotopic (exact) mass is 285 g/mol. The highest BCUT2D eigenvalue weighted by Crippen LogP contribution is 2.31. The molecule has 0 saturated carbocycles. The molecule has 0 saturated heterocycles. The lowest BCUT2D eigenvalue weighted by atomic mass is 9.81. The number of nitrogens with zero attached hydrogens (tertiary/aromatic N) is 2. The molecule has 0 amide bonds. The van der Waals surface area contributed by atoms with Crippen LogP contribution in [0.15, 0.2) is 24.4 Å². The first kappa shape index (κ1) is 15.7. The summed E-state index contributed by atoms with van der Waals surface area (Å²) in [5, 5.41) is 10.9. The Kier molecular flexibility index (Phi) is 4.81. The molecule has 1 heterocycles. The number of aromatic amines is 1. The fourth-order valence-corrected chi connectivity index (χ4v) is 2.81. The topological polar surface area (TPSA) is 41.6 Å². The van der Waals surface area contributed by atoms with Gasteiger partial charge in [0.1, 0.15) is 0 Å². The molecule has 0 aliphatic carbocycles. The van der Waals surface area contributed by atoms with Crippen molar-refractivity contribution in [2.45, 2.75) is 65.2 Å². The molecule has 2 rings (SSSR count). The first-order chi connectivity index (χ1) is 9.95. The Morgan fingerprint density at radius 2 is 1.95 bits per heavy atom. The van der Waals surface area contributed by atoms with Crippen LogP contribution in [0.2, 0.25) is 0 Å². The van der Waals surface area contributed by atoms with E-state index in [0.29, 0.717) is 5.92 Å². The van der Waals surface area contributed by atoms with Crippen LogP contribution in [0.5, 0.6) is 0 Å². The fraction of sp³-hybridized carbons (Fsp3) is 0.556. The zero-order chi connectivity index (χ0) is 15.5. The van der Waals surface area contributed by atoms with Crippen LogP contribution in [0.1, 0.15) is 69.3 Å². The van der Waals surface area contributed by atoms with E-state index < -0.39 is 0 Å². The molecular formula is C18H27N3. The van der Waals surface area contributed by atoms with Gasteiger partial charge in [-0.2, -0.15) is 15.4 Å². The number of aromatic nitrogens is 3. The summed E-state index contributed by atoms with van der Waals surface area (Å²) in [7, 11) is 0. The van der Waals surface area contributed by atoms with Crippen molar-refractivity contribution in [3.8, 4) is 0 Å². The van der Waals surface area contributed by atoms with E-state index in [2.05, 4.69) is 68.2 Å². The molecule has 3 nitrogen and oxygen atoms in total. The van der Waals surface area contributed by atoms with E-state index in [4.69, 9.17) is 0 Å². The van der Waals surface area contributed by atoms with Gasteiger partial charge in [-0.25, -0.2) is 0 Å². The Balaban J connectivity index is 2.38. The first-order valence-electron chi connectivity index (χ1n) is 7.93. The molecule has 0 radical (unpaired) electrons. The van der Waals surface area contributed by atoms with Crippen molar-refractivity contribution in [3.63, 3.8) is 0 Å². The third kappa shape index (κ3) is 3.72. The van der Waals surface area contributed by atoms with E-state index in [1.54, 1.807) is 0 Å². The molecule has 21 heavy (non-hydrogen) atoms. The predicted molar refractivity (Wildman–Crippen MR) is 87.6 cm³/mol. The Bertz CT molecular complexity index is 565. The lowest BCUT2D eigenvalue weighted by Crippen LogP contribution is -2.14. The Morgan fingerprint density at radius 3 is 2.48 bits per heavy atom. The van der Waals surface area contributed by atoms with Crippen LogP contribution in [-0.2, 0) is 18.3 Å². The zero-order valence-corrected chi connectivity index (χ0v) is 13.9. The highest BCUT2D eigenvalue weighted by molar-refractivity contribution is 5.38. The Hall–Kier alpha value is -1.64. The van der Waals surface area contributed by atoms with E-state index in [0.717, 1.165) is 25.0 Å². The van der Waals surface area contributed by atoms with Crippen LogP contribution < -0.4 is 0 Å². The second-order valence-electron chi connectivity index (χ2n) is 6.79. The first-order valence-corrected chi connectivity index (χ1v) is 7.93. The minimum Gasteiger partial charge on any atom is -0.198 e. The molecule has 2 aromatic rings. The summed E-state index contributed by atoms with van der Waals surface area (Å²) in [6, 6.07) is 7.00. The second kappa shape index (κ2) is 6.42. The second-order valence-corrected chi connectivity index (χ2v) is 6.79. The van der Waals surface area contributed by atoms with Gasteiger partial charge in [0.05, 0.1) is 11.9 Å². The van der Waals surface area contributed by atoms with Gasteiger partial charge in [-0.3, -0.25) is 0 Å². The normalized spacial score (nSPS) is 13.4. The van der Waals surface area contributed by atoms with Gasteiger partial charge in [0, 0.05) is 0 Å². The summed E-state index contributed by atoms with van der Waals surface area (Å²) < 4.78 is 0. The molecule has 1 unspecified atom stereocenters. The molecule has 0 fully saturated rings.